The Morgan fingerprint density at radius 1 is 0.895 bits per heavy atom. The summed E-state index contributed by atoms with van der Waals surface area (Å²) in [7, 11) is 1.45. The van der Waals surface area contributed by atoms with Gasteiger partial charge in [-0.15, -0.1) is 0 Å². The number of esters is 1. The van der Waals surface area contributed by atoms with Crippen LogP contribution in [0.2, 0.25) is 0 Å². The van der Waals surface area contributed by atoms with Gasteiger partial charge in [-0.05, 0) is 25.7 Å². The minimum Gasteiger partial charge on any atom is -0.469 e. The summed E-state index contributed by atoms with van der Waals surface area (Å²) < 4.78 is 4.60. The van der Waals surface area contributed by atoms with Crippen molar-refractivity contribution < 1.29 is 9.53 Å². The summed E-state index contributed by atoms with van der Waals surface area (Å²) in [6.07, 6.45) is 20.1. The number of hydrogen-bond acceptors (Lipinski definition) is 2. The molecule has 19 heavy (non-hydrogen) atoms. The van der Waals surface area contributed by atoms with Crippen LogP contribution in [0.1, 0.15) is 71.1 Å². The van der Waals surface area contributed by atoms with Gasteiger partial charge < -0.3 is 4.74 Å². The average Bonchev–Trinajstić information content (AvgIpc) is 2.43. The molecule has 0 unspecified atom stereocenters. The summed E-state index contributed by atoms with van der Waals surface area (Å²) in [4.78, 5) is 10.9. The van der Waals surface area contributed by atoms with E-state index in [-0.39, 0.29) is 5.97 Å². The van der Waals surface area contributed by atoms with Crippen molar-refractivity contribution in [2.75, 3.05) is 7.11 Å². The van der Waals surface area contributed by atoms with Crippen molar-refractivity contribution in [2.45, 2.75) is 71.1 Å². The van der Waals surface area contributed by atoms with Gasteiger partial charge in [0.25, 0.3) is 0 Å². The molecule has 0 aromatic rings. The van der Waals surface area contributed by atoms with E-state index < -0.39 is 0 Å². The fraction of sp³-hybridized carbons (Fsp3) is 0.706. The third-order valence-electron chi connectivity index (χ3n) is 3.09. The van der Waals surface area contributed by atoms with Crippen LogP contribution in [0.5, 0.6) is 0 Å². The van der Waals surface area contributed by atoms with Gasteiger partial charge in [0.05, 0.1) is 7.11 Å². The van der Waals surface area contributed by atoms with Gasteiger partial charge in [-0.1, -0.05) is 63.3 Å². The molecule has 0 aromatic heterocycles. The van der Waals surface area contributed by atoms with Crippen LogP contribution in [0.25, 0.3) is 0 Å². The van der Waals surface area contributed by atoms with Crippen LogP contribution < -0.4 is 0 Å². The molecule has 0 bridgehead atoms. The van der Waals surface area contributed by atoms with Crippen LogP contribution in [-0.2, 0) is 9.53 Å². The van der Waals surface area contributed by atoms with Crippen LogP contribution in [0.4, 0.5) is 0 Å². The van der Waals surface area contributed by atoms with E-state index >= 15 is 0 Å². The third-order valence-corrected chi connectivity index (χ3v) is 3.09. The maximum atomic E-state index is 10.9. The molecule has 0 saturated heterocycles. The highest BCUT2D eigenvalue weighted by Gasteiger charge is 1.98. The quantitative estimate of drug-likeness (QED) is 0.276. The van der Waals surface area contributed by atoms with Gasteiger partial charge in [-0.2, -0.15) is 0 Å². The largest absolute Gasteiger partial charge is 0.469 e. The molecule has 0 saturated carbocycles. The first-order chi connectivity index (χ1) is 9.31. The maximum absolute atomic E-state index is 10.9. The molecule has 0 spiro atoms. The van der Waals surface area contributed by atoms with Crippen LogP contribution in [0.15, 0.2) is 24.3 Å². The van der Waals surface area contributed by atoms with Gasteiger partial charge in [0.1, 0.15) is 0 Å². The van der Waals surface area contributed by atoms with Gasteiger partial charge in [0.2, 0.25) is 0 Å². The summed E-state index contributed by atoms with van der Waals surface area (Å²) in [6.45, 7) is 2.22. The smallest absolute Gasteiger partial charge is 0.305 e. The summed E-state index contributed by atoms with van der Waals surface area (Å²) in [5.41, 5.74) is 0. The topological polar surface area (TPSA) is 26.3 Å². The summed E-state index contributed by atoms with van der Waals surface area (Å²) >= 11 is 0. The predicted octanol–water partition coefficient (Wildman–Crippen LogP) is 5.19. The molecule has 2 nitrogen and oxygen atoms in total. The number of allylic oxidation sites excluding steroid dienone is 4. The highest BCUT2D eigenvalue weighted by atomic mass is 16.5. The number of hydrogen-bond donors (Lipinski definition) is 0. The lowest BCUT2D eigenvalue weighted by Gasteiger charge is -1.99. The first kappa shape index (κ1) is 17.9. The number of methoxy groups -OCH3 is 1. The Morgan fingerprint density at radius 2 is 1.47 bits per heavy atom. The van der Waals surface area contributed by atoms with Crippen LogP contribution >= 0.6 is 0 Å². The van der Waals surface area contributed by atoms with E-state index in [0.29, 0.717) is 6.42 Å². The number of ether oxygens (including phenoxy) is 1. The van der Waals surface area contributed by atoms with Crippen molar-refractivity contribution in [2.24, 2.45) is 0 Å². The number of carbonyl (C=O) groups excluding carboxylic acids is 1. The fourth-order valence-corrected chi connectivity index (χ4v) is 1.84. The number of unbranched alkanes of at least 4 members (excludes halogenated alkanes) is 7. The first-order valence-electron chi connectivity index (χ1n) is 7.69. The lowest BCUT2D eigenvalue weighted by Crippen LogP contribution is -1.98. The van der Waals surface area contributed by atoms with Gasteiger partial charge in [-0.3, -0.25) is 4.79 Å². The minimum atomic E-state index is -0.0854. The van der Waals surface area contributed by atoms with Crippen molar-refractivity contribution in [1.29, 1.82) is 0 Å². The maximum Gasteiger partial charge on any atom is 0.305 e. The molecule has 0 aliphatic carbocycles. The number of carbonyl (C=O) groups is 1. The second kappa shape index (κ2) is 15.0. The molecule has 0 radical (unpaired) electrons. The lowest BCUT2D eigenvalue weighted by molar-refractivity contribution is -0.140. The molecule has 0 atom stereocenters. The Labute approximate surface area is 118 Å². The molecule has 0 fully saturated rings. The SMILES string of the molecule is CCCC/C=C/C=C\CCCCCCCC(=O)OC. The Morgan fingerprint density at radius 3 is 2.11 bits per heavy atom. The molecule has 0 heterocycles. The van der Waals surface area contributed by atoms with Crippen molar-refractivity contribution in [1.82, 2.24) is 0 Å². The van der Waals surface area contributed by atoms with E-state index in [1.165, 1.54) is 45.6 Å². The van der Waals surface area contributed by atoms with Crippen LogP contribution in [0.3, 0.4) is 0 Å². The lowest BCUT2D eigenvalue weighted by atomic mass is 10.1. The van der Waals surface area contributed by atoms with Gasteiger partial charge in [0.15, 0.2) is 0 Å². The van der Waals surface area contributed by atoms with E-state index in [1.54, 1.807) is 0 Å². The van der Waals surface area contributed by atoms with Crippen molar-refractivity contribution >= 4 is 5.97 Å². The van der Waals surface area contributed by atoms with Crippen LogP contribution in [-0.4, -0.2) is 13.1 Å². The van der Waals surface area contributed by atoms with Crippen molar-refractivity contribution in [3.63, 3.8) is 0 Å². The molecule has 0 rings (SSSR count). The van der Waals surface area contributed by atoms with Crippen molar-refractivity contribution in [3.8, 4) is 0 Å². The summed E-state index contributed by atoms with van der Waals surface area (Å²) in [5, 5.41) is 0. The monoisotopic (exact) mass is 266 g/mol. The molecule has 0 amide bonds. The van der Waals surface area contributed by atoms with Gasteiger partial charge in [-0.25, -0.2) is 0 Å². The minimum absolute atomic E-state index is 0.0854. The standard InChI is InChI=1S/C17H30O2/c1-3-4-5-6-7-8-9-10-11-12-13-14-15-16-17(18)19-2/h6-9H,3-5,10-16H2,1-2H3/b7-6+,9-8-. The molecule has 110 valence electrons. The van der Waals surface area contributed by atoms with Gasteiger partial charge in [0, 0.05) is 6.42 Å². The number of rotatable bonds is 12. The van der Waals surface area contributed by atoms with Gasteiger partial charge >= 0.3 is 5.97 Å². The first-order valence-corrected chi connectivity index (χ1v) is 7.69. The van der Waals surface area contributed by atoms with E-state index in [4.69, 9.17) is 0 Å². The Kier molecular flexibility index (Phi) is 14.2. The zero-order valence-corrected chi connectivity index (χ0v) is 12.7. The van der Waals surface area contributed by atoms with E-state index in [2.05, 4.69) is 36.0 Å². The molecule has 0 N–H and O–H groups in total. The molecule has 0 aliphatic heterocycles. The van der Waals surface area contributed by atoms with E-state index in [0.717, 1.165) is 19.3 Å². The summed E-state index contributed by atoms with van der Waals surface area (Å²) in [5.74, 6) is -0.0854. The predicted molar refractivity (Wildman–Crippen MR) is 82.1 cm³/mol. The zero-order chi connectivity index (χ0) is 14.2. The normalized spacial score (nSPS) is 11.5. The molecule has 0 aliphatic rings. The molecule has 0 aromatic carbocycles. The zero-order valence-electron chi connectivity index (χ0n) is 12.7. The fourth-order valence-electron chi connectivity index (χ4n) is 1.84. The molecular weight excluding hydrogens is 236 g/mol. The molecule has 2 heteroatoms. The van der Waals surface area contributed by atoms with E-state index in [1.807, 2.05) is 0 Å². The summed E-state index contributed by atoms with van der Waals surface area (Å²) in [6, 6.07) is 0. The Balaban J connectivity index is 3.20. The highest BCUT2D eigenvalue weighted by Crippen LogP contribution is 2.08. The second-order valence-electron chi connectivity index (χ2n) is 4.88. The second-order valence-corrected chi connectivity index (χ2v) is 4.88. The van der Waals surface area contributed by atoms with Crippen molar-refractivity contribution in [3.05, 3.63) is 24.3 Å². The average molecular weight is 266 g/mol. The molecular formula is C17H30O2. The Hall–Kier alpha value is -1.05. The highest BCUT2D eigenvalue weighted by molar-refractivity contribution is 5.68. The van der Waals surface area contributed by atoms with Crippen LogP contribution in [0, 0.1) is 0 Å². The third kappa shape index (κ3) is 14.9. The Bertz CT molecular complexity index is 254. The van der Waals surface area contributed by atoms with E-state index in [9.17, 15) is 4.79 Å².